The van der Waals surface area contributed by atoms with Gasteiger partial charge in [0.2, 0.25) is 0 Å². The lowest BCUT2D eigenvalue weighted by Crippen LogP contribution is -2.32. The Kier molecular flexibility index (Phi) is 6.75. The van der Waals surface area contributed by atoms with Gasteiger partial charge >= 0.3 is 0 Å². The van der Waals surface area contributed by atoms with E-state index in [1.54, 1.807) is 12.1 Å². The molecule has 0 radical (unpaired) electrons. The molecule has 5 heteroatoms. The molecule has 1 aliphatic rings. The Hall–Kier alpha value is -3.44. The summed E-state index contributed by atoms with van der Waals surface area (Å²) in [4.78, 5) is 24.8. The van der Waals surface area contributed by atoms with Crippen molar-refractivity contribution in [2.45, 2.75) is 12.5 Å². The highest BCUT2D eigenvalue weighted by Crippen LogP contribution is 2.21. The van der Waals surface area contributed by atoms with Crippen LogP contribution in [0.4, 0.5) is 0 Å². The van der Waals surface area contributed by atoms with Gasteiger partial charge in [0.1, 0.15) is 0 Å². The molecule has 0 unspecified atom stereocenters. The molecule has 1 fully saturated rings. The van der Waals surface area contributed by atoms with Crippen LogP contribution in [0.5, 0.6) is 0 Å². The Morgan fingerprint density at radius 1 is 0.742 bits per heavy atom. The van der Waals surface area contributed by atoms with E-state index in [1.165, 1.54) is 0 Å². The summed E-state index contributed by atoms with van der Waals surface area (Å²) in [5, 5.41) is 5.95. The van der Waals surface area contributed by atoms with Crippen molar-refractivity contribution < 1.29 is 14.3 Å². The monoisotopic (exact) mass is 414 g/mol. The molecule has 3 aromatic carbocycles. The summed E-state index contributed by atoms with van der Waals surface area (Å²) in [6.45, 7) is 1.61. The summed E-state index contributed by atoms with van der Waals surface area (Å²) in [6.07, 6.45) is 0.763. The van der Waals surface area contributed by atoms with Crippen molar-refractivity contribution in [1.29, 1.82) is 0 Å². The van der Waals surface area contributed by atoms with E-state index in [0.717, 1.165) is 17.5 Å². The normalized spacial score (nSPS) is 17.8. The number of benzene rings is 3. The number of carbonyl (C=O) groups is 2. The molecule has 4 rings (SSSR count). The van der Waals surface area contributed by atoms with Gasteiger partial charge in [-0.25, -0.2) is 0 Å². The molecule has 1 aliphatic heterocycles. The van der Waals surface area contributed by atoms with Crippen molar-refractivity contribution in [3.05, 3.63) is 96.1 Å². The first-order valence-corrected chi connectivity index (χ1v) is 10.6. The molecular formula is C26H26N2O3. The molecule has 3 aromatic rings. The Bertz CT molecular complexity index is 1020. The Morgan fingerprint density at radius 3 is 2.13 bits per heavy atom. The van der Waals surface area contributed by atoms with Crippen molar-refractivity contribution in [2.75, 3.05) is 19.7 Å². The summed E-state index contributed by atoms with van der Waals surface area (Å²) in [5.74, 6) is 0.0637. The van der Waals surface area contributed by atoms with Gasteiger partial charge in [-0.15, -0.1) is 0 Å². The number of carbonyl (C=O) groups excluding carboxylic acids is 2. The first-order chi connectivity index (χ1) is 15.2. The molecule has 5 nitrogen and oxygen atoms in total. The van der Waals surface area contributed by atoms with Crippen LogP contribution in [0.1, 0.15) is 27.1 Å². The van der Waals surface area contributed by atoms with Crippen molar-refractivity contribution in [3.8, 4) is 11.1 Å². The van der Waals surface area contributed by atoms with Gasteiger partial charge in [-0.1, -0.05) is 60.7 Å². The molecule has 0 aliphatic carbocycles. The molecule has 0 saturated carbocycles. The van der Waals surface area contributed by atoms with E-state index in [-0.39, 0.29) is 23.8 Å². The Labute approximate surface area is 182 Å². The zero-order chi connectivity index (χ0) is 21.5. The van der Waals surface area contributed by atoms with Crippen LogP contribution in [-0.4, -0.2) is 37.6 Å². The average Bonchev–Trinajstić information content (AvgIpc) is 3.30. The fraction of sp³-hybridized carbons (Fsp3) is 0.231. The van der Waals surface area contributed by atoms with Gasteiger partial charge in [0.05, 0.1) is 12.7 Å². The van der Waals surface area contributed by atoms with Gasteiger partial charge < -0.3 is 15.4 Å². The molecule has 1 heterocycles. The third kappa shape index (κ3) is 5.58. The van der Waals surface area contributed by atoms with Crippen LogP contribution in [0.2, 0.25) is 0 Å². The highest BCUT2D eigenvalue weighted by atomic mass is 16.5. The Balaban J connectivity index is 1.24. The van der Waals surface area contributed by atoms with Crippen LogP contribution < -0.4 is 10.6 Å². The number of hydrogen-bond donors (Lipinski definition) is 2. The van der Waals surface area contributed by atoms with Gasteiger partial charge in [0, 0.05) is 30.1 Å². The minimum absolute atomic E-state index is 0.0418. The standard InChI is InChI=1S/C26H26N2O3/c29-25(21-10-5-2-6-11-21)27-16-19-14-24(31-18-19)17-28-26(30)23-13-7-12-22(15-23)20-8-3-1-4-9-20/h1-13,15,19,24H,14,16-18H2,(H,27,29)(H,28,30)/t19-,24+/m1/s1. The second-order valence-corrected chi connectivity index (χ2v) is 7.79. The number of rotatable bonds is 7. The van der Waals surface area contributed by atoms with Gasteiger partial charge in [0.25, 0.3) is 11.8 Å². The fourth-order valence-corrected chi connectivity index (χ4v) is 3.77. The van der Waals surface area contributed by atoms with Crippen LogP contribution in [0.3, 0.4) is 0 Å². The topological polar surface area (TPSA) is 67.4 Å². The number of amides is 2. The molecule has 2 amide bonds. The predicted octanol–water partition coefficient (Wildman–Crippen LogP) is 3.92. The molecule has 2 N–H and O–H groups in total. The lowest BCUT2D eigenvalue weighted by molar-refractivity contribution is 0.0843. The highest BCUT2D eigenvalue weighted by Gasteiger charge is 2.26. The van der Waals surface area contributed by atoms with Crippen LogP contribution in [0.25, 0.3) is 11.1 Å². The first kappa shape index (κ1) is 20.8. The lowest BCUT2D eigenvalue weighted by atomic mass is 10.0. The van der Waals surface area contributed by atoms with Crippen LogP contribution in [0.15, 0.2) is 84.9 Å². The summed E-state index contributed by atoms with van der Waals surface area (Å²) < 4.78 is 5.82. The molecule has 31 heavy (non-hydrogen) atoms. The van der Waals surface area contributed by atoms with E-state index >= 15 is 0 Å². The first-order valence-electron chi connectivity index (χ1n) is 10.6. The van der Waals surface area contributed by atoms with E-state index in [2.05, 4.69) is 10.6 Å². The van der Waals surface area contributed by atoms with Gasteiger partial charge in [-0.2, -0.15) is 0 Å². The second-order valence-electron chi connectivity index (χ2n) is 7.79. The third-order valence-corrected chi connectivity index (χ3v) is 5.47. The van der Waals surface area contributed by atoms with Crippen LogP contribution >= 0.6 is 0 Å². The highest BCUT2D eigenvalue weighted by molar-refractivity contribution is 5.95. The largest absolute Gasteiger partial charge is 0.376 e. The third-order valence-electron chi connectivity index (χ3n) is 5.47. The molecular weight excluding hydrogens is 388 g/mol. The molecule has 158 valence electrons. The van der Waals surface area contributed by atoms with Crippen LogP contribution in [0, 0.1) is 5.92 Å². The quantitative estimate of drug-likeness (QED) is 0.616. The summed E-state index contributed by atoms with van der Waals surface area (Å²) >= 11 is 0. The smallest absolute Gasteiger partial charge is 0.251 e. The summed E-state index contributed by atoms with van der Waals surface area (Å²) in [7, 11) is 0. The maximum Gasteiger partial charge on any atom is 0.251 e. The van der Waals surface area contributed by atoms with E-state index in [1.807, 2.05) is 72.8 Å². The maximum atomic E-state index is 12.6. The predicted molar refractivity (Wildman–Crippen MR) is 121 cm³/mol. The Morgan fingerprint density at radius 2 is 1.35 bits per heavy atom. The van der Waals surface area contributed by atoms with Crippen molar-refractivity contribution >= 4 is 11.8 Å². The SMILES string of the molecule is O=C(NC[C@@H]1CO[C@H](CNC(=O)c2cccc(-c3ccccc3)c2)C1)c1ccccc1. The van der Waals surface area contributed by atoms with Crippen molar-refractivity contribution in [3.63, 3.8) is 0 Å². The zero-order valence-electron chi connectivity index (χ0n) is 17.3. The number of hydrogen-bond acceptors (Lipinski definition) is 3. The minimum Gasteiger partial charge on any atom is -0.376 e. The molecule has 1 saturated heterocycles. The second kappa shape index (κ2) is 10.0. The zero-order valence-corrected chi connectivity index (χ0v) is 17.3. The maximum absolute atomic E-state index is 12.6. The van der Waals surface area contributed by atoms with Gasteiger partial charge in [-0.05, 0) is 41.8 Å². The molecule has 0 aromatic heterocycles. The van der Waals surface area contributed by atoms with Crippen LogP contribution in [-0.2, 0) is 4.74 Å². The summed E-state index contributed by atoms with van der Waals surface area (Å²) in [5.41, 5.74) is 3.38. The summed E-state index contributed by atoms with van der Waals surface area (Å²) in [6, 6.07) is 26.8. The number of ether oxygens (including phenoxy) is 1. The molecule has 2 atom stereocenters. The van der Waals surface area contributed by atoms with Crippen molar-refractivity contribution in [2.24, 2.45) is 5.92 Å². The van der Waals surface area contributed by atoms with Gasteiger partial charge in [0.15, 0.2) is 0 Å². The van der Waals surface area contributed by atoms with E-state index in [0.29, 0.717) is 30.8 Å². The van der Waals surface area contributed by atoms with E-state index in [9.17, 15) is 9.59 Å². The number of nitrogens with one attached hydrogen (secondary N) is 2. The minimum atomic E-state index is -0.109. The lowest BCUT2D eigenvalue weighted by Gasteiger charge is -2.12. The molecule has 0 bridgehead atoms. The fourth-order valence-electron chi connectivity index (χ4n) is 3.77. The van der Waals surface area contributed by atoms with Gasteiger partial charge in [-0.3, -0.25) is 9.59 Å². The van der Waals surface area contributed by atoms with Crippen molar-refractivity contribution in [1.82, 2.24) is 10.6 Å². The average molecular weight is 415 g/mol. The van der Waals surface area contributed by atoms with E-state index in [4.69, 9.17) is 4.74 Å². The molecule has 0 spiro atoms. The van der Waals surface area contributed by atoms with E-state index < -0.39 is 0 Å².